The summed E-state index contributed by atoms with van der Waals surface area (Å²) in [7, 11) is 1.80. The van der Waals surface area contributed by atoms with Crippen molar-refractivity contribution >= 4 is 5.91 Å². The van der Waals surface area contributed by atoms with Crippen LogP contribution in [0.3, 0.4) is 0 Å². The standard InChI is InChI=1S/C16H25N3O/c1-13(14-6-4-3-5-7-14)19-10-8-15(9-11-19)18-16(20)12-17-2/h3-7,13,15,17H,8-12H2,1-2H3,(H,18,20). The lowest BCUT2D eigenvalue weighted by Crippen LogP contribution is -2.47. The Balaban J connectivity index is 1.81. The molecule has 4 nitrogen and oxygen atoms in total. The van der Waals surface area contributed by atoms with Crippen molar-refractivity contribution in [1.82, 2.24) is 15.5 Å². The molecule has 1 aliphatic heterocycles. The largest absolute Gasteiger partial charge is 0.352 e. The highest BCUT2D eigenvalue weighted by Crippen LogP contribution is 2.23. The number of carbonyl (C=O) groups is 1. The van der Waals surface area contributed by atoms with Gasteiger partial charge in [-0.25, -0.2) is 0 Å². The molecule has 2 rings (SSSR count). The van der Waals surface area contributed by atoms with Crippen molar-refractivity contribution in [3.05, 3.63) is 35.9 Å². The minimum Gasteiger partial charge on any atom is -0.352 e. The zero-order chi connectivity index (χ0) is 14.4. The van der Waals surface area contributed by atoms with Crippen LogP contribution in [0.4, 0.5) is 0 Å². The van der Waals surface area contributed by atoms with Crippen LogP contribution in [-0.2, 0) is 4.79 Å². The van der Waals surface area contributed by atoms with E-state index in [1.807, 2.05) is 0 Å². The van der Waals surface area contributed by atoms with Crippen molar-refractivity contribution in [2.45, 2.75) is 31.8 Å². The van der Waals surface area contributed by atoms with E-state index < -0.39 is 0 Å². The summed E-state index contributed by atoms with van der Waals surface area (Å²) in [4.78, 5) is 14.1. The Bertz CT molecular complexity index is 413. The van der Waals surface area contributed by atoms with Crippen molar-refractivity contribution < 1.29 is 4.79 Å². The number of likely N-dealkylation sites (tertiary alicyclic amines) is 1. The van der Waals surface area contributed by atoms with Crippen molar-refractivity contribution in [3.63, 3.8) is 0 Å². The Labute approximate surface area is 121 Å². The molecule has 1 aromatic rings. The Morgan fingerprint density at radius 2 is 1.95 bits per heavy atom. The number of benzene rings is 1. The molecular weight excluding hydrogens is 250 g/mol. The van der Waals surface area contributed by atoms with E-state index in [4.69, 9.17) is 0 Å². The van der Waals surface area contributed by atoms with Crippen LogP contribution in [0.25, 0.3) is 0 Å². The van der Waals surface area contributed by atoms with Gasteiger partial charge in [-0.3, -0.25) is 9.69 Å². The first-order valence-electron chi connectivity index (χ1n) is 7.43. The third-order valence-corrected chi connectivity index (χ3v) is 4.06. The first-order chi connectivity index (χ1) is 9.70. The molecule has 0 saturated carbocycles. The number of nitrogens with zero attached hydrogens (tertiary/aromatic N) is 1. The molecule has 0 aliphatic carbocycles. The zero-order valence-corrected chi connectivity index (χ0v) is 12.4. The minimum absolute atomic E-state index is 0.0991. The second-order valence-corrected chi connectivity index (χ2v) is 5.49. The third-order valence-electron chi connectivity index (χ3n) is 4.06. The predicted molar refractivity (Wildman–Crippen MR) is 81.5 cm³/mol. The Morgan fingerprint density at radius 1 is 1.30 bits per heavy atom. The summed E-state index contributed by atoms with van der Waals surface area (Å²) in [5.74, 6) is 0.0991. The van der Waals surface area contributed by atoms with Gasteiger partial charge in [0, 0.05) is 25.2 Å². The lowest BCUT2D eigenvalue weighted by Gasteiger charge is -2.36. The smallest absolute Gasteiger partial charge is 0.234 e. The number of piperidine rings is 1. The van der Waals surface area contributed by atoms with E-state index in [1.54, 1.807) is 7.05 Å². The molecule has 1 aliphatic rings. The van der Waals surface area contributed by atoms with E-state index in [0.29, 0.717) is 18.6 Å². The van der Waals surface area contributed by atoms with Crippen LogP contribution >= 0.6 is 0 Å². The SMILES string of the molecule is CNCC(=O)NC1CCN(C(C)c2ccccc2)CC1. The summed E-state index contributed by atoms with van der Waals surface area (Å²) in [5.41, 5.74) is 1.37. The fraction of sp³-hybridized carbons (Fsp3) is 0.562. The number of hydrogen-bond acceptors (Lipinski definition) is 3. The summed E-state index contributed by atoms with van der Waals surface area (Å²) in [5, 5.41) is 5.97. The molecule has 1 saturated heterocycles. The summed E-state index contributed by atoms with van der Waals surface area (Å²) in [6.07, 6.45) is 2.07. The molecule has 0 aromatic heterocycles. The normalized spacial score (nSPS) is 18.7. The lowest BCUT2D eigenvalue weighted by molar-refractivity contribution is -0.121. The van der Waals surface area contributed by atoms with Crippen LogP contribution in [0.1, 0.15) is 31.4 Å². The van der Waals surface area contributed by atoms with Gasteiger partial charge in [0.15, 0.2) is 0 Å². The van der Waals surface area contributed by atoms with Crippen LogP contribution in [0.2, 0.25) is 0 Å². The molecule has 1 atom stereocenters. The second kappa shape index (κ2) is 7.41. The van der Waals surface area contributed by atoms with Crippen LogP contribution in [0.5, 0.6) is 0 Å². The second-order valence-electron chi connectivity index (χ2n) is 5.49. The average molecular weight is 275 g/mol. The van der Waals surface area contributed by atoms with E-state index in [1.165, 1.54) is 5.56 Å². The van der Waals surface area contributed by atoms with Gasteiger partial charge < -0.3 is 10.6 Å². The van der Waals surface area contributed by atoms with Gasteiger partial charge >= 0.3 is 0 Å². The molecule has 1 aromatic carbocycles. The fourth-order valence-corrected chi connectivity index (χ4v) is 2.81. The van der Waals surface area contributed by atoms with E-state index in [0.717, 1.165) is 25.9 Å². The quantitative estimate of drug-likeness (QED) is 0.857. The van der Waals surface area contributed by atoms with Crippen LogP contribution in [-0.4, -0.2) is 43.5 Å². The topological polar surface area (TPSA) is 44.4 Å². The molecule has 20 heavy (non-hydrogen) atoms. The van der Waals surface area contributed by atoms with Gasteiger partial charge in [0.25, 0.3) is 0 Å². The van der Waals surface area contributed by atoms with Gasteiger partial charge in [-0.05, 0) is 32.4 Å². The van der Waals surface area contributed by atoms with Gasteiger partial charge in [0.05, 0.1) is 6.54 Å². The molecule has 2 N–H and O–H groups in total. The molecule has 1 unspecified atom stereocenters. The van der Waals surface area contributed by atoms with E-state index >= 15 is 0 Å². The zero-order valence-electron chi connectivity index (χ0n) is 12.4. The number of nitrogens with one attached hydrogen (secondary N) is 2. The van der Waals surface area contributed by atoms with E-state index in [2.05, 4.69) is 52.8 Å². The lowest BCUT2D eigenvalue weighted by atomic mass is 10.00. The number of rotatable bonds is 5. The molecule has 1 fully saturated rings. The van der Waals surface area contributed by atoms with Gasteiger partial charge in [0.1, 0.15) is 0 Å². The maximum atomic E-state index is 11.6. The first kappa shape index (κ1) is 15.0. The summed E-state index contributed by atoms with van der Waals surface area (Å²) < 4.78 is 0. The molecule has 0 bridgehead atoms. The van der Waals surface area contributed by atoms with Crippen LogP contribution in [0.15, 0.2) is 30.3 Å². The van der Waals surface area contributed by atoms with E-state index in [-0.39, 0.29) is 5.91 Å². The number of carbonyl (C=O) groups excluding carboxylic acids is 1. The van der Waals surface area contributed by atoms with Crippen molar-refractivity contribution in [3.8, 4) is 0 Å². The van der Waals surface area contributed by atoms with E-state index in [9.17, 15) is 4.79 Å². The van der Waals surface area contributed by atoms with Crippen molar-refractivity contribution in [2.24, 2.45) is 0 Å². The van der Waals surface area contributed by atoms with Crippen molar-refractivity contribution in [2.75, 3.05) is 26.7 Å². The molecule has 110 valence electrons. The molecular formula is C16H25N3O. The monoisotopic (exact) mass is 275 g/mol. The Morgan fingerprint density at radius 3 is 2.55 bits per heavy atom. The molecule has 0 radical (unpaired) electrons. The highest BCUT2D eigenvalue weighted by molar-refractivity contribution is 5.78. The van der Waals surface area contributed by atoms with Gasteiger partial charge in [-0.15, -0.1) is 0 Å². The molecule has 1 heterocycles. The first-order valence-corrected chi connectivity index (χ1v) is 7.43. The number of likely N-dealkylation sites (N-methyl/N-ethyl adjacent to an activating group) is 1. The van der Waals surface area contributed by atoms with Crippen LogP contribution in [0, 0.1) is 0 Å². The maximum Gasteiger partial charge on any atom is 0.234 e. The predicted octanol–water partition coefficient (Wildman–Crippen LogP) is 1.55. The van der Waals surface area contributed by atoms with Gasteiger partial charge in [0.2, 0.25) is 5.91 Å². The number of hydrogen-bond donors (Lipinski definition) is 2. The Kier molecular flexibility index (Phi) is 5.56. The number of amides is 1. The molecule has 4 heteroatoms. The molecule has 1 amide bonds. The Hall–Kier alpha value is -1.39. The van der Waals surface area contributed by atoms with Gasteiger partial charge in [-0.1, -0.05) is 30.3 Å². The summed E-state index contributed by atoms with van der Waals surface area (Å²) >= 11 is 0. The fourth-order valence-electron chi connectivity index (χ4n) is 2.81. The van der Waals surface area contributed by atoms with Gasteiger partial charge in [-0.2, -0.15) is 0 Å². The summed E-state index contributed by atoms with van der Waals surface area (Å²) in [6, 6.07) is 11.4. The molecule has 0 spiro atoms. The van der Waals surface area contributed by atoms with Crippen molar-refractivity contribution in [1.29, 1.82) is 0 Å². The van der Waals surface area contributed by atoms with Crippen LogP contribution < -0.4 is 10.6 Å². The highest BCUT2D eigenvalue weighted by Gasteiger charge is 2.24. The maximum absolute atomic E-state index is 11.6. The third kappa shape index (κ3) is 4.05. The average Bonchev–Trinajstić information content (AvgIpc) is 2.48. The highest BCUT2D eigenvalue weighted by atomic mass is 16.1. The minimum atomic E-state index is 0.0991. The summed E-state index contributed by atoms with van der Waals surface area (Å²) in [6.45, 7) is 4.75.